The van der Waals surface area contributed by atoms with Crippen LogP contribution in [-0.2, 0) is 4.79 Å². The number of piperidine rings is 2. The summed E-state index contributed by atoms with van der Waals surface area (Å²) >= 11 is 0. The third kappa shape index (κ3) is 3.94. The third-order valence-corrected chi connectivity index (χ3v) is 4.68. The number of nitrogens with zero attached hydrogens (tertiary/aromatic N) is 2. The van der Waals surface area contributed by atoms with Crippen molar-refractivity contribution in [1.29, 1.82) is 0 Å². The van der Waals surface area contributed by atoms with Gasteiger partial charge in [0.25, 0.3) is 0 Å². The van der Waals surface area contributed by atoms with Crippen molar-refractivity contribution >= 4 is 11.9 Å². The van der Waals surface area contributed by atoms with Gasteiger partial charge in [-0.15, -0.1) is 6.42 Å². The number of likely N-dealkylation sites (tertiary alicyclic amines) is 2. The van der Waals surface area contributed by atoms with Crippen molar-refractivity contribution in [3.8, 4) is 12.3 Å². The van der Waals surface area contributed by atoms with Crippen molar-refractivity contribution in [2.45, 2.75) is 58.0 Å². The van der Waals surface area contributed by atoms with E-state index in [1.807, 2.05) is 23.6 Å². The summed E-state index contributed by atoms with van der Waals surface area (Å²) in [5.74, 6) is 3.13. The third-order valence-electron chi connectivity index (χ3n) is 4.68. The fourth-order valence-corrected chi connectivity index (χ4v) is 3.22. The molecule has 0 saturated carbocycles. The molecule has 0 aromatic rings. The van der Waals surface area contributed by atoms with Crippen LogP contribution in [0.25, 0.3) is 0 Å². The number of rotatable bonds is 3. The van der Waals surface area contributed by atoms with E-state index in [2.05, 4.69) is 11.2 Å². The maximum Gasteiger partial charge on any atom is 0.318 e. The molecule has 0 aromatic heterocycles. The lowest BCUT2D eigenvalue weighted by Gasteiger charge is -2.40. The number of amides is 3. The second kappa shape index (κ2) is 7.53. The zero-order valence-electron chi connectivity index (χ0n) is 13.7. The number of carbonyl (C=O) groups excluding carboxylic acids is 2. The molecule has 0 bridgehead atoms. The lowest BCUT2D eigenvalue weighted by Crippen LogP contribution is -2.53. The van der Waals surface area contributed by atoms with E-state index in [0.717, 1.165) is 32.2 Å². The van der Waals surface area contributed by atoms with Gasteiger partial charge in [-0.25, -0.2) is 4.79 Å². The van der Waals surface area contributed by atoms with Gasteiger partial charge in [-0.3, -0.25) is 4.79 Å². The van der Waals surface area contributed by atoms with Crippen molar-refractivity contribution in [2.24, 2.45) is 5.92 Å². The van der Waals surface area contributed by atoms with Crippen LogP contribution in [0.1, 0.15) is 46.0 Å². The van der Waals surface area contributed by atoms with Crippen LogP contribution in [0.3, 0.4) is 0 Å². The Hall–Kier alpha value is -1.70. The summed E-state index contributed by atoms with van der Waals surface area (Å²) in [6, 6.07) is -0.0145. The highest BCUT2D eigenvalue weighted by Gasteiger charge is 2.31. The summed E-state index contributed by atoms with van der Waals surface area (Å²) in [7, 11) is 0. The largest absolute Gasteiger partial charge is 0.340 e. The highest BCUT2D eigenvalue weighted by atomic mass is 16.2. The van der Waals surface area contributed by atoms with E-state index >= 15 is 0 Å². The van der Waals surface area contributed by atoms with Gasteiger partial charge in [0.2, 0.25) is 5.91 Å². The lowest BCUT2D eigenvalue weighted by atomic mass is 9.99. The predicted molar refractivity (Wildman–Crippen MR) is 86.1 cm³/mol. The molecule has 2 saturated heterocycles. The Kier molecular flexibility index (Phi) is 5.70. The number of hydrogen-bond acceptors (Lipinski definition) is 2. The molecule has 2 aliphatic heterocycles. The normalized spacial score (nSPS) is 21.6. The molecule has 1 atom stereocenters. The van der Waals surface area contributed by atoms with E-state index in [1.54, 1.807) is 0 Å². The van der Waals surface area contributed by atoms with Crippen molar-refractivity contribution in [3.05, 3.63) is 0 Å². The Morgan fingerprint density at radius 2 is 1.95 bits per heavy atom. The highest BCUT2D eigenvalue weighted by Crippen LogP contribution is 2.21. The molecule has 0 aliphatic carbocycles. The quantitative estimate of drug-likeness (QED) is 0.809. The summed E-state index contributed by atoms with van der Waals surface area (Å²) in [4.78, 5) is 28.1. The molecular weight excluding hydrogens is 278 g/mol. The zero-order chi connectivity index (χ0) is 16.1. The van der Waals surface area contributed by atoms with E-state index in [-0.39, 0.29) is 23.9 Å². The van der Waals surface area contributed by atoms with Crippen molar-refractivity contribution in [3.63, 3.8) is 0 Å². The van der Waals surface area contributed by atoms with Gasteiger partial charge in [0, 0.05) is 32.1 Å². The van der Waals surface area contributed by atoms with E-state index in [0.29, 0.717) is 25.6 Å². The topological polar surface area (TPSA) is 52.7 Å². The van der Waals surface area contributed by atoms with Gasteiger partial charge in [0.1, 0.15) is 0 Å². The molecule has 1 N–H and O–H groups in total. The molecule has 3 amide bonds. The van der Waals surface area contributed by atoms with Crippen LogP contribution < -0.4 is 5.32 Å². The Morgan fingerprint density at radius 3 is 2.50 bits per heavy atom. The van der Waals surface area contributed by atoms with Gasteiger partial charge in [-0.1, -0.05) is 19.8 Å². The summed E-state index contributed by atoms with van der Waals surface area (Å²) in [5.41, 5.74) is 0. The molecule has 0 spiro atoms. The van der Waals surface area contributed by atoms with Crippen molar-refractivity contribution in [1.82, 2.24) is 15.1 Å². The molecular formula is C17H27N3O2. The molecule has 5 heteroatoms. The fourth-order valence-electron chi connectivity index (χ4n) is 3.22. The Balaban J connectivity index is 1.82. The molecule has 2 fully saturated rings. The van der Waals surface area contributed by atoms with Crippen LogP contribution in [-0.4, -0.2) is 53.5 Å². The summed E-state index contributed by atoms with van der Waals surface area (Å²) in [5, 5.41) is 2.91. The summed E-state index contributed by atoms with van der Waals surface area (Å²) < 4.78 is 0. The molecule has 2 aliphatic rings. The first-order valence-corrected chi connectivity index (χ1v) is 8.34. The number of hydrogen-bond donors (Lipinski definition) is 1. The molecule has 5 nitrogen and oxygen atoms in total. The molecule has 0 aromatic carbocycles. The van der Waals surface area contributed by atoms with Crippen LogP contribution >= 0.6 is 0 Å². The summed E-state index contributed by atoms with van der Waals surface area (Å²) in [6.07, 6.45) is 9.98. The highest BCUT2D eigenvalue weighted by molar-refractivity contribution is 5.77. The Bertz CT molecular complexity index is 447. The number of urea groups is 1. The van der Waals surface area contributed by atoms with Crippen LogP contribution in [0.2, 0.25) is 0 Å². The molecule has 122 valence electrons. The van der Waals surface area contributed by atoms with E-state index < -0.39 is 0 Å². The van der Waals surface area contributed by atoms with Crippen LogP contribution in [0.5, 0.6) is 0 Å². The summed E-state index contributed by atoms with van der Waals surface area (Å²) in [6.45, 7) is 6.26. The second-order valence-corrected chi connectivity index (χ2v) is 6.60. The number of nitrogens with one attached hydrogen (secondary N) is 1. The number of carbonyl (C=O) groups is 2. The SMILES string of the molecule is C#CC(NC(=O)N1CCC(N2CCCCC2=O)CC1)C(C)C. The predicted octanol–water partition coefficient (Wildman–Crippen LogP) is 1.83. The Labute approximate surface area is 133 Å². The lowest BCUT2D eigenvalue weighted by molar-refractivity contribution is -0.136. The van der Waals surface area contributed by atoms with E-state index in [1.165, 1.54) is 0 Å². The smallest absolute Gasteiger partial charge is 0.318 e. The second-order valence-electron chi connectivity index (χ2n) is 6.60. The molecule has 2 heterocycles. The van der Waals surface area contributed by atoms with Gasteiger partial charge in [-0.2, -0.15) is 0 Å². The van der Waals surface area contributed by atoms with Crippen LogP contribution in [0, 0.1) is 18.3 Å². The minimum atomic E-state index is -0.228. The molecule has 22 heavy (non-hydrogen) atoms. The van der Waals surface area contributed by atoms with E-state index in [4.69, 9.17) is 6.42 Å². The van der Waals surface area contributed by atoms with Crippen molar-refractivity contribution < 1.29 is 9.59 Å². The average Bonchev–Trinajstić information content (AvgIpc) is 2.52. The standard InChI is InChI=1S/C17H27N3O2/c1-4-15(13(2)3)18-17(22)19-11-8-14(9-12-19)20-10-6-5-7-16(20)21/h1,13-15H,5-12H2,2-3H3,(H,18,22). The van der Waals surface area contributed by atoms with Crippen LogP contribution in [0.15, 0.2) is 0 Å². The first-order chi connectivity index (χ1) is 10.5. The maximum absolute atomic E-state index is 12.3. The van der Waals surface area contributed by atoms with Gasteiger partial charge < -0.3 is 15.1 Å². The van der Waals surface area contributed by atoms with Gasteiger partial charge >= 0.3 is 6.03 Å². The first-order valence-electron chi connectivity index (χ1n) is 8.34. The Morgan fingerprint density at radius 1 is 1.27 bits per heavy atom. The minimum absolute atomic E-state index is 0.0833. The van der Waals surface area contributed by atoms with Gasteiger partial charge in [-0.05, 0) is 31.6 Å². The van der Waals surface area contributed by atoms with Crippen LogP contribution in [0.4, 0.5) is 4.79 Å². The van der Waals surface area contributed by atoms with Gasteiger partial charge in [0.05, 0.1) is 6.04 Å². The van der Waals surface area contributed by atoms with E-state index in [9.17, 15) is 9.59 Å². The van der Waals surface area contributed by atoms with Crippen molar-refractivity contribution in [2.75, 3.05) is 19.6 Å². The monoisotopic (exact) mass is 305 g/mol. The van der Waals surface area contributed by atoms with Gasteiger partial charge in [0.15, 0.2) is 0 Å². The number of terminal acetylenes is 1. The first kappa shape index (κ1) is 16.7. The molecule has 2 rings (SSSR count). The molecule has 1 unspecified atom stereocenters. The fraction of sp³-hybridized carbons (Fsp3) is 0.765. The maximum atomic E-state index is 12.3. The molecule has 0 radical (unpaired) electrons. The average molecular weight is 305 g/mol. The zero-order valence-corrected chi connectivity index (χ0v) is 13.7. The minimum Gasteiger partial charge on any atom is -0.340 e.